The molecule has 0 saturated carbocycles. The molecule has 0 spiro atoms. The van der Waals surface area contributed by atoms with Crippen LogP contribution in [-0.4, -0.2) is 105 Å². The number of phenols is 1. The number of phenolic OH excluding ortho intramolecular Hbond substituents is 1. The highest BCUT2D eigenvalue weighted by Gasteiger charge is 2.50. The van der Waals surface area contributed by atoms with Crippen LogP contribution in [0.15, 0.2) is 30.5 Å². The maximum atomic E-state index is 17.2. The number of anilines is 1. The van der Waals surface area contributed by atoms with Crippen LogP contribution in [0.4, 0.5) is 23.8 Å². The van der Waals surface area contributed by atoms with Gasteiger partial charge in [0.1, 0.15) is 41.4 Å². The number of terminal acetylenes is 1. The lowest BCUT2D eigenvalue weighted by atomic mass is 9.95. The number of esters is 1. The van der Waals surface area contributed by atoms with Gasteiger partial charge in [0.05, 0.1) is 28.6 Å². The van der Waals surface area contributed by atoms with Crippen LogP contribution in [0, 0.1) is 24.0 Å². The summed E-state index contributed by atoms with van der Waals surface area (Å²) in [7, 11) is 0. The molecule has 6 heterocycles. The lowest BCUT2D eigenvalue weighted by Gasteiger charge is -2.41. The second kappa shape index (κ2) is 21.7. The zero-order chi connectivity index (χ0) is 47.1. The van der Waals surface area contributed by atoms with Gasteiger partial charge in [0.25, 0.3) is 0 Å². The third-order valence-corrected chi connectivity index (χ3v) is 14.4. The van der Waals surface area contributed by atoms with Gasteiger partial charge in [-0.2, -0.15) is 9.97 Å². The molecule has 360 valence electrons. The van der Waals surface area contributed by atoms with Gasteiger partial charge in [-0.05, 0) is 62.2 Å². The number of alkyl halides is 1. The molecule has 1 N–H and O–H groups in total. The Hall–Kier alpha value is -5.36. The van der Waals surface area contributed by atoms with E-state index in [9.17, 15) is 19.1 Å². The fourth-order valence-electron chi connectivity index (χ4n) is 11.0. The lowest BCUT2D eigenvalue weighted by molar-refractivity contribution is -0.166. The second-order valence-corrected chi connectivity index (χ2v) is 19.2. The van der Waals surface area contributed by atoms with E-state index in [1.807, 2.05) is 4.90 Å². The first kappa shape index (κ1) is 48.1. The standard InChI is InChI=1S/C52H65F3N6O6/c1-4-6-7-8-9-10-11-12-13-14-15-16-17-19-44(63)66-34(3)67-51(64)61-37-21-22-38(61)32-59(31-37)49-42-29-56-47(41-27-39(62)26-35-20-23-43(54)40(5-2)45(35)41)46(55)48(42)57-50(58-49)65-33-52-24-18-25-60(52)30-36(53)28-52/h2,20,23,26-27,29,34,36-38,62H,4,6-19,21-22,24-25,28,30-33H2,1,3H3/t34-,36-,37+,38?,52+/m1/s1. The van der Waals surface area contributed by atoms with Crippen molar-refractivity contribution in [1.82, 2.24) is 24.8 Å². The van der Waals surface area contributed by atoms with Crippen molar-refractivity contribution in [2.45, 2.75) is 166 Å². The van der Waals surface area contributed by atoms with Gasteiger partial charge in [-0.15, -0.1) is 6.42 Å². The molecule has 4 fully saturated rings. The van der Waals surface area contributed by atoms with E-state index >= 15 is 8.78 Å². The lowest BCUT2D eigenvalue weighted by Crippen LogP contribution is -2.56. The summed E-state index contributed by atoms with van der Waals surface area (Å²) in [6.07, 6.45) is 23.8. The van der Waals surface area contributed by atoms with Gasteiger partial charge in [-0.3, -0.25) is 19.6 Å². The number of hydrogen-bond acceptors (Lipinski definition) is 11. The summed E-state index contributed by atoms with van der Waals surface area (Å²) in [5.74, 6) is 0.570. The highest BCUT2D eigenvalue weighted by atomic mass is 19.1. The number of amides is 1. The molecule has 2 aromatic carbocycles. The minimum absolute atomic E-state index is 0.0783. The highest BCUT2D eigenvalue weighted by Crippen LogP contribution is 2.43. The van der Waals surface area contributed by atoms with Gasteiger partial charge in [0.2, 0.25) is 6.29 Å². The summed E-state index contributed by atoms with van der Waals surface area (Å²) in [6, 6.07) is 4.65. The number of carbonyl (C=O) groups excluding carboxylic acids is 2. The largest absolute Gasteiger partial charge is 0.508 e. The van der Waals surface area contributed by atoms with Crippen molar-refractivity contribution < 1.29 is 42.1 Å². The van der Waals surface area contributed by atoms with E-state index < -0.39 is 41.7 Å². The number of rotatable bonds is 21. The van der Waals surface area contributed by atoms with Crippen LogP contribution in [0.1, 0.15) is 141 Å². The monoisotopic (exact) mass is 926 g/mol. The molecule has 0 radical (unpaired) electrons. The van der Waals surface area contributed by atoms with E-state index in [4.69, 9.17) is 25.6 Å². The van der Waals surface area contributed by atoms with Crippen molar-refractivity contribution in [3.05, 3.63) is 47.7 Å². The first-order valence-electron chi connectivity index (χ1n) is 24.7. The number of carbonyl (C=O) groups is 2. The summed E-state index contributed by atoms with van der Waals surface area (Å²) in [4.78, 5) is 46.1. The molecule has 4 aliphatic rings. The number of hydrogen-bond donors (Lipinski definition) is 1. The number of unbranched alkanes of at least 4 members (excludes halogenated alkanes) is 12. The minimum atomic E-state index is -1.06. The topological polar surface area (TPSA) is 130 Å². The van der Waals surface area contributed by atoms with Crippen LogP contribution < -0.4 is 9.64 Å². The van der Waals surface area contributed by atoms with Crippen molar-refractivity contribution in [1.29, 1.82) is 0 Å². The number of piperazine rings is 1. The summed E-state index contributed by atoms with van der Waals surface area (Å²) >= 11 is 0. The van der Waals surface area contributed by atoms with Gasteiger partial charge in [-0.25, -0.2) is 18.0 Å². The number of aromatic hydroxyl groups is 1. The summed E-state index contributed by atoms with van der Waals surface area (Å²) in [6.45, 7) is 5.61. The second-order valence-electron chi connectivity index (χ2n) is 19.2. The summed E-state index contributed by atoms with van der Waals surface area (Å²) in [5.41, 5.74) is -0.893. The van der Waals surface area contributed by atoms with E-state index in [2.05, 4.69) is 27.7 Å². The number of fused-ring (bicyclic) bond motifs is 5. The van der Waals surface area contributed by atoms with Crippen LogP contribution in [0.25, 0.3) is 32.9 Å². The average Bonchev–Trinajstić information content (AvgIpc) is 3.93. The molecule has 15 heteroatoms. The van der Waals surface area contributed by atoms with Crippen molar-refractivity contribution in [3.63, 3.8) is 0 Å². The Morgan fingerprint density at radius 3 is 2.31 bits per heavy atom. The average molecular weight is 927 g/mol. The third kappa shape index (κ3) is 10.8. The molecule has 2 aromatic heterocycles. The molecular weight excluding hydrogens is 862 g/mol. The maximum Gasteiger partial charge on any atom is 0.413 e. The van der Waals surface area contributed by atoms with Gasteiger partial charge < -0.3 is 24.2 Å². The fraction of sp³-hybridized carbons (Fsp3) is 0.596. The molecule has 12 nitrogen and oxygen atoms in total. The van der Waals surface area contributed by atoms with Crippen molar-refractivity contribution in [2.24, 2.45) is 0 Å². The Bertz CT molecular complexity index is 2440. The van der Waals surface area contributed by atoms with Gasteiger partial charge in [0, 0.05) is 56.5 Å². The van der Waals surface area contributed by atoms with Crippen LogP contribution in [-0.2, 0) is 14.3 Å². The summed E-state index contributed by atoms with van der Waals surface area (Å²) in [5, 5.41) is 11.6. The zero-order valence-electron chi connectivity index (χ0n) is 39.0. The maximum absolute atomic E-state index is 17.2. The fourth-order valence-corrected chi connectivity index (χ4v) is 11.0. The molecule has 2 bridgehead atoms. The molecule has 4 saturated heterocycles. The molecule has 5 atom stereocenters. The Labute approximate surface area is 391 Å². The normalized spacial score (nSPS) is 21.8. The highest BCUT2D eigenvalue weighted by molar-refractivity contribution is 6.03. The number of ether oxygens (including phenoxy) is 3. The van der Waals surface area contributed by atoms with Crippen molar-refractivity contribution in [3.8, 4) is 35.4 Å². The Morgan fingerprint density at radius 2 is 1.63 bits per heavy atom. The van der Waals surface area contributed by atoms with Gasteiger partial charge in [0.15, 0.2) is 5.82 Å². The Balaban J connectivity index is 0.936. The molecular formula is C52H65F3N6O6. The van der Waals surface area contributed by atoms with Crippen LogP contribution >= 0.6 is 0 Å². The Morgan fingerprint density at radius 1 is 0.940 bits per heavy atom. The Kier molecular flexibility index (Phi) is 15.6. The molecule has 0 aliphatic carbocycles. The number of aromatic nitrogens is 3. The predicted molar refractivity (Wildman–Crippen MR) is 252 cm³/mol. The van der Waals surface area contributed by atoms with E-state index in [1.165, 1.54) is 94.7 Å². The summed E-state index contributed by atoms with van der Waals surface area (Å²) < 4.78 is 64.5. The number of halogens is 3. The van der Waals surface area contributed by atoms with E-state index in [1.54, 1.807) is 11.8 Å². The first-order valence-corrected chi connectivity index (χ1v) is 24.7. The van der Waals surface area contributed by atoms with Crippen molar-refractivity contribution >= 4 is 39.6 Å². The zero-order valence-corrected chi connectivity index (χ0v) is 39.0. The van der Waals surface area contributed by atoms with E-state index in [0.717, 1.165) is 38.6 Å². The van der Waals surface area contributed by atoms with E-state index in [0.29, 0.717) is 50.1 Å². The van der Waals surface area contributed by atoms with Gasteiger partial charge in [-0.1, -0.05) is 96.0 Å². The van der Waals surface area contributed by atoms with Crippen molar-refractivity contribution in [2.75, 3.05) is 37.7 Å². The van der Waals surface area contributed by atoms with Crippen LogP contribution in [0.5, 0.6) is 11.8 Å². The number of pyridine rings is 1. The van der Waals surface area contributed by atoms with Gasteiger partial charge >= 0.3 is 18.1 Å². The number of benzene rings is 2. The van der Waals surface area contributed by atoms with Crippen LogP contribution in [0.2, 0.25) is 0 Å². The quantitative estimate of drug-likeness (QED) is 0.0371. The minimum Gasteiger partial charge on any atom is -0.508 e. The smallest absolute Gasteiger partial charge is 0.413 e. The predicted octanol–water partition coefficient (Wildman–Crippen LogP) is 10.9. The SMILES string of the molecule is C#Cc1c(F)ccc2cc(O)cc(-c3ncc4c(N5CC6CC[C@@H](C5)N6C(=O)O[C@H](C)OC(=O)CCCCCCCCCCCCCCC)nc(OC[C@@]56CCCN5C[C@H](F)C6)nc4c3F)c12. The molecule has 1 amide bonds. The molecule has 1 unspecified atom stereocenters. The molecule has 4 aliphatic heterocycles. The molecule has 4 aromatic rings. The molecule has 8 rings (SSSR count). The third-order valence-electron chi connectivity index (χ3n) is 14.4. The molecule has 67 heavy (non-hydrogen) atoms. The first-order chi connectivity index (χ1) is 32.5. The van der Waals surface area contributed by atoms with Crippen LogP contribution in [0.3, 0.4) is 0 Å². The van der Waals surface area contributed by atoms with E-state index in [-0.39, 0.29) is 70.0 Å². The number of nitrogens with zero attached hydrogens (tertiary/aromatic N) is 6.